The van der Waals surface area contributed by atoms with Gasteiger partial charge in [0.25, 0.3) is 0 Å². The van der Waals surface area contributed by atoms with Gasteiger partial charge in [-0.1, -0.05) is 0 Å². The molecule has 4 heteroatoms. The number of benzene rings is 1. The maximum Gasteiger partial charge on any atom is 0.132 e. The minimum absolute atomic E-state index is 0.0373. The van der Waals surface area contributed by atoms with Gasteiger partial charge in [-0.15, -0.1) is 0 Å². The molecule has 2 unspecified atom stereocenters. The van der Waals surface area contributed by atoms with Crippen molar-refractivity contribution < 1.29 is 19.0 Å². The Hall–Kier alpha value is -1.13. The summed E-state index contributed by atoms with van der Waals surface area (Å²) in [6.07, 6.45) is 2.79. The van der Waals surface area contributed by atoms with E-state index in [1.165, 1.54) is 13.2 Å². The van der Waals surface area contributed by atoms with Gasteiger partial charge >= 0.3 is 0 Å². The molecule has 1 aliphatic heterocycles. The first kappa shape index (κ1) is 13.3. The van der Waals surface area contributed by atoms with Crippen molar-refractivity contribution in [2.24, 2.45) is 0 Å². The summed E-state index contributed by atoms with van der Waals surface area (Å²) in [5.74, 6) is 0.0232. The fraction of sp³-hybridized carbons (Fsp3) is 0.571. The third-order valence-electron chi connectivity index (χ3n) is 3.33. The molecule has 18 heavy (non-hydrogen) atoms. The Kier molecular flexibility index (Phi) is 4.55. The molecule has 1 aromatic carbocycles. The third-order valence-corrected chi connectivity index (χ3v) is 3.33. The van der Waals surface area contributed by atoms with Crippen LogP contribution in [-0.4, -0.2) is 24.9 Å². The van der Waals surface area contributed by atoms with Gasteiger partial charge in [-0.3, -0.25) is 0 Å². The van der Waals surface area contributed by atoms with Gasteiger partial charge in [0.15, 0.2) is 0 Å². The summed E-state index contributed by atoms with van der Waals surface area (Å²) in [6.45, 7) is 0.739. The summed E-state index contributed by atoms with van der Waals surface area (Å²) in [7, 11) is 1.49. The standard InChI is InChI=1S/C14H19FO3/c1-17-10-5-6-12(13(15)8-10)14(16)9-11-4-2-3-7-18-11/h5-6,8,11,14,16H,2-4,7,9H2,1H3. The molecule has 0 radical (unpaired) electrons. The van der Waals surface area contributed by atoms with Crippen molar-refractivity contribution in [1.29, 1.82) is 0 Å². The molecule has 0 aliphatic carbocycles. The molecular weight excluding hydrogens is 235 g/mol. The van der Waals surface area contributed by atoms with E-state index in [1.54, 1.807) is 12.1 Å². The lowest BCUT2D eigenvalue weighted by Gasteiger charge is -2.25. The molecule has 2 rings (SSSR count). The van der Waals surface area contributed by atoms with Crippen LogP contribution in [0.1, 0.15) is 37.4 Å². The molecule has 1 aromatic rings. The predicted octanol–water partition coefficient (Wildman–Crippen LogP) is 2.83. The fourth-order valence-electron chi connectivity index (χ4n) is 2.27. The number of halogens is 1. The van der Waals surface area contributed by atoms with E-state index in [0.717, 1.165) is 25.9 Å². The van der Waals surface area contributed by atoms with E-state index in [0.29, 0.717) is 17.7 Å². The van der Waals surface area contributed by atoms with E-state index in [4.69, 9.17) is 9.47 Å². The van der Waals surface area contributed by atoms with E-state index < -0.39 is 11.9 Å². The number of hydrogen-bond acceptors (Lipinski definition) is 3. The van der Waals surface area contributed by atoms with Crippen LogP contribution in [0.4, 0.5) is 4.39 Å². The minimum Gasteiger partial charge on any atom is -0.497 e. The Morgan fingerprint density at radius 2 is 2.33 bits per heavy atom. The molecule has 100 valence electrons. The van der Waals surface area contributed by atoms with Crippen LogP contribution in [0, 0.1) is 5.82 Å². The molecule has 1 fully saturated rings. The Bertz CT molecular complexity index is 389. The highest BCUT2D eigenvalue weighted by molar-refractivity contribution is 5.30. The summed E-state index contributed by atoms with van der Waals surface area (Å²) in [4.78, 5) is 0. The molecular formula is C14H19FO3. The minimum atomic E-state index is -0.820. The molecule has 0 saturated carbocycles. The molecule has 2 atom stereocenters. The van der Waals surface area contributed by atoms with Crippen molar-refractivity contribution in [1.82, 2.24) is 0 Å². The van der Waals surface area contributed by atoms with Gasteiger partial charge < -0.3 is 14.6 Å². The molecule has 1 saturated heterocycles. The van der Waals surface area contributed by atoms with Crippen molar-refractivity contribution in [3.8, 4) is 5.75 Å². The predicted molar refractivity (Wildman–Crippen MR) is 66.1 cm³/mol. The number of ether oxygens (including phenoxy) is 2. The van der Waals surface area contributed by atoms with Crippen molar-refractivity contribution in [3.63, 3.8) is 0 Å². The maximum atomic E-state index is 13.8. The van der Waals surface area contributed by atoms with Crippen LogP contribution in [0.5, 0.6) is 5.75 Å². The maximum absolute atomic E-state index is 13.8. The Morgan fingerprint density at radius 3 is 2.94 bits per heavy atom. The second-order valence-electron chi connectivity index (χ2n) is 4.63. The molecule has 3 nitrogen and oxygen atoms in total. The number of aliphatic hydroxyl groups excluding tert-OH is 1. The first-order valence-corrected chi connectivity index (χ1v) is 6.34. The van der Waals surface area contributed by atoms with Gasteiger partial charge in [0.05, 0.1) is 19.3 Å². The zero-order valence-corrected chi connectivity index (χ0v) is 10.6. The normalized spacial score (nSPS) is 21.6. The zero-order chi connectivity index (χ0) is 13.0. The Morgan fingerprint density at radius 1 is 1.50 bits per heavy atom. The van der Waals surface area contributed by atoms with Gasteiger partial charge in [0.1, 0.15) is 11.6 Å². The van der Waals surface area contributed by atoms with Gasteiger partial charge in [0, 0.05) is 24.7 Å². The van der Waals surface area contributed by atoms with E-state index in [1.807, 2.05) is 0 Å². The second-order valence-corrected chi connectivity index (χ2v) is 4.63. The Balaban J connectivity index is 2.01. The van der Waals surface area contributed by atoms with Crippen molar-refractivity contribution in [2.75, 3.05) is 13.7 Å². The van der Waals surface area contributed by atoms with E-state index in [2.05, 4.69) is 0 Å². The van der Waals surface area contributed by atoms with Crippen LogP contribution >= 0.6 is 0 Å². The highest BCUT2D eigenvalue weighted by Gasteiger charge is 2.21. The average molecular weight is 254 g/mol. The summed E-state index contributed by atoms with van der Waals surface area (Å²) < 4.78 is 24.2. The van der Waals surface area contributed by atoms with Crippen molar-refractivity contribution in [3.05, 3.63) is 29.6 Å². The lowest BCUT2D eigenvalue weighted by molar-refractivity contribution is -0.0161. The fourth-order valence-corrected chi connectivity index (χ4v) is 2.27. The SMILES string of the molecule is COc1ccc(C(O)CC2CCCCO2)c(F)c1. The quantitative estimate of drug-likeness (QED) is 0.898. The number of hydrogen-bond donors (Lipinski definition) is 1. The van der Waals surface area contributed by atoms with E-state index >= 15 is 0 Å². The van der Waals surface area contributed by atoms with E-state index in [-0.39, 0.29) is 6.10 Å². The largest absolute Gasteiger partial charge is 0.497 e. The topological polar surface area (TPSA) is 38.7 Å². The third kappa shape index (κ3) is 3.21. The highest BCUT2D eigenvalue weighted by atomic mass is 19.1. The monoisotopic (exact) mass is 254 g/mol. The molecule has 1 heterocycles. The summed E-state index contributed by atoms with van der Waals surface area (Å²) >= 11 is 0. The average Bonchev–Trinajstić information content (AvgIpc) is 2.39. The second kappa shape index (κ2) is 6.16. The molecule has 0 spiro atoms. The molecule has 0 bridgehead atoms. The van der Waals surface area contributed by atoms with Crippen LogP contribution in [0.3, 0.4) is 0 Å². The van der Waals surface area contributed by atoms with Gasteiger partial charge in [-0.05, 0) is 31.4 Å². The first-order valence-electron chi connectivity index (χ1n) is 6.34. The molecule has 1 aliphatic rings. The number of aliphatic hydroxyl groups is 1. The van der Waals surface area contributed by atoms with Crippen LogP contribution in [0.15, 0.2) is 18.2 Å². The van der Waals surface area contributed by atoms with Crippen LogP contribution < -0.4 is 4.74 Å². The van der Waals surface area contributed by atoms with E-state index in [9.17, 15) is 9.50 Å². The summed E-state index contributed by atoms with van der Waals surface area (Å²) in [5.41, 5.74) is 0.310. The smallest absolute Gasteiger partial charge is 0.132 e. The number of methoxy groups -OCH3 is 1. The lowest BCUT2D eigenvalue weighted by Crippen LogP contribution is -2.21. The van der Waals surface area contributed by atoms with Crippen LogP contribution in [-0.2, 0) is 4.74 Å². The highest BCUT2D eigenvalue weighted by Crippen LogP contribution is 2.28. The van der Waals surface area contributed by atoms with Gasteiger partial charge in [0.2, 0.25) is 0 Å². The first-order chi connectivity index (χ1) is 8.70. The van der Waals surface area contributed by atoms with Gasteiger partial charge in [-0.2, -0.15) is 0 Å². The summed E-state index contributed by atoms with van der Waals surface area (Å²) in [6, 6.07) is 4.52. The van der Waals surface area contributed by atoms with Crippen LogP contribution in [0.2, 0.25) is 0 Å². The number of rotatable bonds is 4. The summed E-state index contributed by atoms with van der Waals surface area (Å²) in [5, 5.41) is 10.1. The van der Waals surface area contributed by atoms with Gasteiger partial charge in [-0.25, -0.2) is 4.39 Å². The Labute approximate surface area is 107 Å². The zero-order valence-electron chi connectivity index (χ0n) is 10.6. The van der Waals surface area contributed by atoms with Crippen LogP contribution in [0.25, 0.3) is 0 Å². The molecule has 0 amide bonds. The van der Waals surface area contributed by atoms with Crippen molar-refractivity contribution >= 4 is 0 Å². The lowest BCUT2D eigenvalue weighted by atomic mass is 9.98. The molecule has 1 N–H and O–H groups in total. The van der Waals surface area contributed by atoms with Crippen molar-refractivity contribution in [2.45, 2.75) is 37.9 Å². The molecule has 0 aromatic heterocycles.